The molecule has 0 spiro atoms. The molecule has 1 aliphatic rings. The summed E-state index contributed by atoms with van der Waals surface area (Å²) in [7, 11) is 0. The third-order valence-electron chi connectivity index (χ3n) is 4.75. The van der Waals surface area contributed by atoms with Crippen LogP contribution in [0.5, 0.6) is 0 Å². The van der Waals surface area contributed by atoms with Gasteiger partial charge in [-0.2, -0.15) is 0 Å². The summed E-state index contributed by atoms with van der Waals surface area (Å²) in [6.45, 7) is 13.4. The van der Waals surface area contributed by atoms with Gasteiger partial charge >= 0.3 is 0 Å². The fourth-order valence-corrected chi connectivity index (χ4v) is 4.40. The van der Waals surface area contributed by atoms with Gasteiger partial charge in [0.15, 0.2) is 0 Å². The number of ether oxygens (including phenoxy) is 1. The van der Waals surface area contributed by atoms with Crippen molar-refractivity contribution in [3.8, 4) is 0 Å². The molecule has 2 rings (SSSR count). The summed E-state index contributed by atoms with van der Waals surface area (Å²) >= 11 is 3.92. The Balaban J connectivity index is 2.19. The highest BCUT2D eigenvalue weighted by Gasteiger charge is 2.41. The lowest BCUT2D eigenvalue weighted by molar-refractivity contribution is 0.0511. The minimum atomic E-state index is 0.214. The zero-order chi connectivity index (χ0) is 15.1. The molecule has 0 amide bonds. The van der Waals surface area contributed by atoms with E-state index in [0.29, 0.717) is 28.9 Å². The van der Waals surface area contributed by atoms with Crippen molar-refractivity contribution in [3.05, 3.63) is 35.4 Å². The summed E-state index contributed by atoms with van der Waals surface area (Å²) in [4.78, 5) is 0.367. The molecule has 0 aliphatic carbocycles. The highest BCUT2D eigenvalue weighted by atomic mass is 79.9. The Morgan fingerprint density at radius 1 is 1.00 bits per heavy atom. The molecule has 1 fully saturated rings. The smallest absolute Gasteiger partial charge is 0.0596 e. The van der Waals surface area contributed by atoms with Gasteiger partial charge in [-0.3, -0.25) is 0 Å². The second-order valence-corrected chi connectivity index (χ2v) is 8.24. The van der Waals surface area contributed by atoms with Crippen molar-refractivity contribution in [2.24, 2.45) is 11.8 Å². The van der Waals surface area contributed by atoms with Crippen molar-refractivity contribution >= 4 is 15.9 Å². The van der Waals surface area contributed by atoms with Crippen LogP contribution in [0.2, 0.25) is 0 Å². The number of halogens is 1. The molecule has 1 aliphatic heterocycles. The van der Waals surface area contributed by atoms with E-state index in [1.807, 2.05) is 0 Å². The Morgan fingerprint density at radius 2 is 1.55 bits per heavy atom. The zero-order valence-corrected chi connectivity index (χ0v) is 15.1. The van der Waals surface area contributed by atoms with E-state index in [2.05, 4.69) is 81.7 Å². The molecule has 0 aromatic heterocycles. The van der Waals surface area contributed by atoms with E-state index >= 15 is 0 Å². The van der Waals surface area contributed by atoms with Gasteiger partial charge in [0.25, 0.3) is 0 Å². The molecule has 1 aromatic carbocycles. The highest BCUT2D eigenvalue weighted by molar-refractivity contribution is 9.09. The SMILES string of the molecule is CC1OC(C)C(C(Br)c2ccc(C(C)(C)C)cc2)C1C. The van der Waals surface area contributed by atoms with Gasteiger partial charge in [-0.25, -0.2) is 0 Å². The minimum Gasteiger partial charge on any atom is -0.375 e. The summed E-state index contributed by atoms with van der Waals surface area (Å²) < 4.78 is 5.98. The Hall–Kier alpha value is -0.340. The van der Waals surface area contributed by atoms with E-state index in [1.165, 1.54) is 11.1 Å². The van der Waals surface area contributed by atoms with Crippen molar-refractivity contribution in [2.75, 3.05) is 0 Å². The first-order valence-corrected chi connectivity index (χ1v) is 8.53. The number of alkyl halides is 1. The molecule has 1 nitrogen and oxygen atoms in total. The van der Waals surface area contributed by atoms with Gasteiger partial charge in [0, 0.05) is 10.7 Å². The van der Waals surface area contributed by atoms with Crippen molar-refractivity contribution < 1.29 is 4.74 Å². The molecule has 5 unspecified atom stereocenters. The molecule has 2 heteroatoms. The second-order valence-electron chi connectivity index (χ2n) is 7.26. The van der Waals surface area contributed by atoms with E-state index in [1.54, 1.807) is 0 Å². The van der Waals surface area contributed by atoms with Gasteiger partial charge in [0.1, 0.15) is 0 Å². The van der Waals surface area contributed by atoms with Crippen LogP contribution in [0.25, 0.3) is 0 Å². The third kappa shape index (κ3) is 3.12. The fraction of sp³-hybridized carbons (Fsp3) is 0.667. The molecule has 1 heterocycles. The van der Waals surface area contributed by atoms with Crippen LogP contribution in [0, 0.1) is 11.8 Å². The lowest BCUT2D eigenvalue weighted by Gasteiger charge is -2.26. The van der Waals surface area contributed by atoms with Crippen LogP contribution in [0.1, 0.15) is 57.5 Å². The van der Waals surface area contributed by atoms with Gasteiger partial charge in [0.05, 0.1) is 12.2 Å². The van der Waals surface area contributed by atoms with Gasteiger partial charge in [-0.15, -0.1) is 0 Å². The normalized spacial score (nSPS) is 32.4. The van der Waals surface area contributed by atoms with Crippen molar-refractivity contribution in [1.82, 2.24) is 0 Å². The monoisotopic (exact) mass is 338 g/mol. The first-order valence-electron chi connectivity index (χ1n) is 7.62. The molecule has 0 saturated carbocycles. The molecule has 0 radical (unpaired) electrons. The zero-order valence-electron chi connectivity index (χ0n) is 13.5. The van der Waals surface area contributed by atoms with E-state index in [0.717, 1.165) is 0 Å². The maximum absolute atomic E-state index is 5.98. The number of rotatable bonds is 2. The van der Waals surface area contributed by atoms with Crippen LogP contribution in [-0.2, 0) is 10.2 Å². The molecule has 112 valence electrons. The summed E-state index contributed by atoms with van der Waals surface area (Å²) in [5.74, 6) is 1.11. The fourth-order valence-electron chi connectivity index (χ4n) is 3.19. The van der Waals surface area contributed by atoms with Gasteiger partial charge in [0.2, 0.25) is 0 Å². The van der Waals surface area contributed by atoms with E-state index in [-0.39, 0.29) is 5.41 Å². The van der Waals surface area contributed by atoms with Crippen molar-refractivity contribution in [3.63, 3.8) is 0 Å². The summed E-state index contributed by atoms with van der Waals surface area (Å²) in [5, 5.41) is 0. The largest absolute Gasteiger partial charge is 0.375 e. The molecular formula is C18H27BrO. The van der Waals surface area contributed by atoms with Gasteiger partial charge in [-0.05, 0) is 36.3 Å². The summed E-state index contributed by atoms with van der Waals surface area (Å²) in [6, 6.07) is 9.06. The predicted molar refractivity (Wildman–Crippen MR) is 89.5 cm³/mol. The Kier molecular flexibility index (Phi) is 4.66. The molecule has 0 N–H and O–H groups in total. The van der Waals surface area contributed by atoms with Crippen molar-refractivity contribution in [1.29, 1.82) is 0 Å². The second kappa shape index (κ2) is 5.81. The van der Waals surface area contributed by atoms with Crippen molar-refractivity contribution in [2.45, 2.75) is 64.0 Å². The quantitative estimate of drug-likeness (QED) is 0.648. The lowest BCUT2D eigenvalue weighted by Crippen LogP contribution is -2.22. The van der Waals surface area contributed by atoms with Crippen LogP contribution in [0.15, 0.2) is 24.3 Å². The Morgan fingerprint density at radius 3 is 1.95 bits per heavy atom. The van der Waals surface area contributed by atoms with Gasteiger partial charge in [-0.1, -0.05) is 67.9 Å². The molecule has 1 aromatic rings. The number of hydrogen-bond donors (Lipinski definition) is 0. The maximum atomic E-state index is 5.98. The van der Waals surface area contributed by atoms with Crippen LogP contribution in [-0.4, -0.2) is 12.2 Å². The predicted octanol–water partition coefficient (Wildman–Crippen LogP) is 5.48. The minimum absolute atomic E-state index is 0.214. The summed E-state index contributed by atoms with van der Waals surface area (Å²) in [6.07, 6.45) is 0.663. The molecule has 0 bridgehead atoms. The van der Waals surface area contributed by atoms with E-state index in [4.69, 9.17) is 4.74 Å². The van der Waals surface area contributed by atoms with Crippen LogP contribution in [0.3, 0.4) is 0 Å². The third-order valence-corrected chi connectivity index (χ3v) is 5.89. The van der Waals surface area contributed by atoms with Gasteiger partial charge < -0.3 is 4.74 Å². The lowest BCUT2D eigenvalue weighted by atomic mass is 9.82. The average molecular weight is 339 g/mol. The molecular weight excluding hydrogens is 312 g/mol. The van der Waals surface area contributed by atoms with Crippen LogP contribution in [0.4, 0.5) is 0 Å². The van der Waals surface area contributed by atoms with E-state index in [9.17, 15) is 0 Å². The van der Waals surface area contributed by atoms with E-state index < -0.39 is 0 Å². The topological polar surface area (TPSA) is 9.23 Å². The van der Waals surface area contributed by atoms with Crippen LogP contribution < -0.4 is 0 Å². The highest BCUT2D eigenvalue weighted by Crippen LogP contribution is 2.45. The molecule has 1 saturated heterocycles. The first kappa shape index (κ1) is 16.0. The number of benzene rings is 1. The summed E-state index contributed by atoms with van der Waals surface area (Å²) in [5.41, 5.74) is 2.96. The maximum Gasteiger partial charge on any atom is 0.0596 e. The Labute approximate surface area is 132 Å². The average Bonchev–Trinajstić information content (AvgIpc) is 2.62. The number of hydrogen-bond acceptors (Lipinski definition) is 1. The molecule has 20 heavy (non-hydrogen) atoms. The standard InChI is InChI=1S/C18H27BrO/c1-11-12(2)20-13(3)16(11)17(19)14-7-9-15(10-8-14)18(4,5)6/h7-13,16-17H,1-6H3. The Bertz CT molecular complexity index is 445. The molecule has 5 atom stereocenters. The van der Waals surface area contributed by atoms with Crippen LogP contribution >= 0.6 is 15.9 Å². The first-order chi connectivity index (χ1) is 9.21.